The first-order valence-corrected chi connectivity index (χ1v) is 19.9. The van der Waals surface area contributed by atoms with Gasteiger partial charge in [0.2, 0.25) is 0 Å². The van der Waals surface area contributed by atoms with Gasteiger partial charge < -0.3 is 48.4 Å². The molecule has 2 saturated heterocycles. The lowest BCUT2D eigenvalue weighted by Crippen LogP contribution is -2.55. The molecule has 4 atom stereocenters. The number of aliphatic hydroxyl groups is 2. The molecule has 1 saturated carbocycles. The molecule has 1 aliphatic carbocycles. The Morgan fingerprint density at radius 2 is 1.27 bits per heavy atom. The van der Waals surface area contributed by atoms with Crippen LogP contribution in [0.1, 0.15) is 72.1 Å². The molecule has 1 spiro atoms. The van der Waals surface area contributed by atoms with E-state index in [-0.39, 0.29) is 83.4 Å². The van der Waals surface area contributed by atoms with Crippen LogP contribution >= 0.6 is 0 Å². The Labute approximate surface area is 343 Å². The summed E-state index contributed by atoms with van der Waals surface area (Å²) in [5.41, 5.74) is 1.49. The van der Waals surface area contributed by atoms with Gasteiger partial charge in [-0.25, -0.2) is 19.4 Å². The predicted octanol–water partition coefficient (Wildman–Crippen LogP) is 5.41. The molecule has 3 fully saturated rings. The van der Waals surface area contributed by atoms with Crippen LogP contribution in [-0.2, 0) is 9.47 Å². The van der Waals surface area contributed by atoms with Gasteiger partial charge in [0.25, 0.3) is 11.8 Å². The van der Waals surface area contributed by atoms with Crippen LogP contribution in [0.2, 0.25) is 0 Å². The second kappa shape index (κ2) is 17.2. The summed E-state index contributed by atoms with van der Waals surface area (Å²) in [6.07, 6.45) is 3.69. The number of amides is 4. The molecule has 316 valence electrons. The zero-order chi connectivity index (χ0) is 42.0. The fourth-order valence-electron chi connectivity index (χ4n) is 8.48. The summed E-state index contributed by atoms with van der Waals surface area (Å²) in [6.45, 7) is 12.4. The van der Waals surface area contributed by atoms with Crippen LogP contribution < -0.4 is 28.7 Å². The molecule has 4 amide bonds. The maximum atomic E-state index is 14.0. The maximum absolute atomic E-state index is 14.0. The number of unbranched alkanes of at least 4 members (excludes halogenated alkanes) is 2. The lowest BCUT2D eigenvalue weighted by atomic mass is 9.96. The van der Waals surface area contributed by atoms with Crippen LogP contribution in [0, 0.1) is 5.41 Å². The molecule has 16 heteroatoms. The van der Waals surface area contributed by atoms with E-state index in [4.69, 9.17) is 28.4 Å². The van der Waals surface area contributed by atoms with Crippen molar-refractivity contribution in [2.75, 3.05) is 63.5 Å². The van der Waals surface area contributed by atoms with E-state index >= 15 is 0 Å². The number of benzene rings is 2. The molecule has 59 heavy (non-hydrogen) atoms. The number of hydrogen-bond donors (Lipinski definition) is 2. The second-order valence-electron chi connectivity index (χ2n) is 15.6. The van der Waals surface area contributed by atoms with E-state index < -0.39 is 36.7 Å². The Balaban J connectivity index is 1.03. The van der Waals surface area contributed by atoms with Crippen molar-refractivity contribution in [2.45, 2.75) is 75.9 Å². The van der Waals surface area contributed by atoms with Crippen molar-refractivity contribution in [3.8, 4) is 23.0 Å². The molecule has 5 aliphatic rings. The normalized spacial score (nSPS) is 22.6. The summed E-state index contributed by atoms with van der Waals surface area (Å²) in [5.74, 6) is 0.476. The minimum Gasteiger partial charge on any atom is -0.493 e. The quantitative estimate of drug-likeness (QED) is 0.184. The molecule has 16 nitrogen and oxygen atoms in total. The third-order valence-corrected chi connectivity index (χ3v) is 11.7. The van der Waals surface area contributed by atoms with Gasteiger partial charge in [0.1, 0.15) is 13.2 Å². The Kier molecular flexibility index (Phi) is 12.1. The van der Waals surface area contributed by atoms with E-state index in [2.05, 4.69) is 19.7 Å². The first kappa shape index (κ1) is 41.4. The van der Waals surface area contributed by atoms with E-state index in [1.54, 1.807) is 15.9 Å². The van der Waals surface area contributed by atoms with Crippen molar-refractivity contribution in [1.82, 2.24) is 9.80 Å². The number of fused-ring (bicyclic) bond motifs is 4. The third-order valence-electron chi connectivity index (χ3n) is 11.7. The molecule has 0 unspecified atom stereocenters. The van der Waals surface area contributed by atoms with Crippen molar-refractivity contribution in [3.05, 3.63) is 72.9 Å². The smallest absolute Gasteiger partial charge is 0.416 e. The molecule has 2 N–H and O–H groups in total. The van der Waals surface area contributed by atoms with Gasteiger partial charge in [-0.05, 0) is 68.9 Å². The highest BCUT2D eigenvalue weighted by Gasteiger charge is 2.58. The summed E-state index contributed by atoms with van der Waals surface area (Å²) in [7, 11) is 2.92. The minimum atomic E-state index is -1.42. The summed E-state index contributed by atoms with van der Waals surface area (Å²) in [4.78, 5) is 60.0. The van der Waals surface area contributed by atoms with Crippen LogP contribution in [0.25, 0.3) is 0 Å². The highest BCUT2D eigenvalue weighted by Crippen LogP contribution is 2.57. The van der Waals surface area contributed by atoms with Gasteiger partial charge >= 0.3 is 12.2 Å². The first-order valence-electron chi connectivity index (χ1n) is 19.9. The van der Waals surface area contributed by atoms with E-state index in [1.165, 1.54) is 44.6 Å². The Bertz CT molecular complexity index is 2020. The summed E-state index contributed by atoms with van der Waals surface area (Å²) in [6, 6.07) is 4.79. The van der Waals surface area contributed by atoms with Gasteiger partial charge in [-0.1, -0.05) is 37.5 Å². The van der Waals surface area contributed by atoms with E-state index in [1.807, 2.05) is 0 Å². The standard InChI is InChI=1S/C43H52N4O12/c1-6-15-58-41(52)46-29-22-35(33(54-4)20-27(29)37(48)44-14-11-26(3)19-31(44)39(46)50)56-17-9-8-10-18-57-36-23-30-28(21-34(36)55-5)38(49)45-25-43(12-13-43)24-32(45)40(51)47(30)42(53)59-16-7-2/h6-7,20-23,31-32,39-40,50-51H,1-3,8-19,24-25H2,4-5H3/t31-,32-,39-,40-/m0/s1. The Morgan fingerprint density at radius 1 is 0.763 bits per heavy atom. The van der Waals surface area contributed by atoms with E-state index in [0.29, 0.717) is 57.4 Å². The number of hydrogen-bond acceptors (Lipinski definition) is 12. The molecule has 4 heterocycles. The molecular weight excluding hydrogens is 764 g/mol. The summed E-state index contributed by atoms with van der Waals surface area (Å²) >= 11 is 0. The van der Waals surface area contributed by atoms with Crippen molar-refractivity contribution >= 4 is 35.4 Å². The lowest BCUT2D eigenvalue weighted by Gasteiger charge is -2.39. The first-order chi connectivity index (χ1) is 28.4. The van der Waals surface area contributed by atoms with Crippen LogP contribution in [0.3, 0.4) is 0 Å². The number of piperidine rings is 1. The molecule has 2 aromatic rings. The highest BCUT2D eigenvalue weighted by molar-refractivity contribution is 6.07. The van der Waals surface area contributed by atoms with Gasteiger partial charge in [-0.15, -0.1) is 0 Å². The number of carbonyl (C=O) groups excluding carboxylic acids is 4. The number of nitrogens with zero attached hydrogens (tertiary/aromatic N) is 4. The highest BCUT2D eigenvalue weighted by atomic mass is 16.6. The topological polar surface area (TPSA) is 177 Å². The van der Waals surface area contributed by atoms with Crippen molar-refractivity contribution in [1.29, 1.82) is 0 Å². The van der Waals surface area contributed by atoms with Gasteiger partial charge in [0.05, 0.1) is 62.0 Å². The molecule has 0 radical (unpaired) electrons. The van der Waals surface area contributed by atoms with Gasteiger partial charge in [-0.2, -0.15) is 0 Å². The SMILES string of the molecule is C=CCOC(=O)N1c2cc(OCCCCCOc3cc4c(cc3OC)C(=O)N3CC5(CC5)C[C@H]3[C@H](O)N4C(=O)OCC=C)c(OC)cc2C(=O)N2CCC(=C)C[C@H]2[C@@H]1O. The number of ether oxygens (including phenoxy) is 6. The fourth-order valence-corrected chi connectivity index (χ4v) is 8.48. The monoisotopic (exact) mass is 816 g/mol. The summed E-state index contributed by atoms with van der Waals surface area (Å²) in [5, 5.41) is 23.2. The molecule has 0 aromatic heterocycles. The molecule has 0 bridgehead atoms. The van der Waals surface area contributed by atoms with Crippen LogP contribution in [0.15, 0.2) is 61.7 Å². The van der Waals surface area contributed by atoms with Crippen molar-refractivity contribution in [2.24, 2.45) is 5.41 Å². The Hall–Kier alpha value is -5.74. The third kappa shape index (κ3) is 8.02. The second-order valence-corrected chi connectivity index (χ2v) is 15.6. The molecule has 2 aromatic carbocycles. The number of anilines is 2. The van der Waals surface area contributed by atoms with Gasteiger partial charge in [0.15, 0.2) is 35.5 Å². The largest absolute Gasteiger partial charge is 0.493 e. The van der Waals surface area contributed by atoms with Crippen LogP contribution in [0.5, 0.6) is 23.0 Å². The number of carbonyl (C=O) groups is 4. The van der Waals surface area contributed by atoms with Crippen LogP contribution in [0.4, 0.5) is 21.0 Å². The lowest BCUT2D eigenvalue weighted by molar-refractivity contribution is 0.0309. The predicted molar refractivity (Wildman–Crippen MR) is 215 cm³/mol. The van der Waals surface area contributed by atoms with Gasteiger partial charge in [-0.3, -0.25) is 9.59 Å². The Morgan fingerprint density at radius 3 is 1.76 bits per heavy atom. The summed E-state index contributed by atoms with van der Waals surface area (Å²) < 4.78 is 34.2. The number of methoxy groups -OCH3 is 2. The van der Waals surface area contributed by atoms with E-state index in [9.17, 15) is 29.4 Å². The van der Waals surface area contributed by atoms with Crippen molar-refractivity contribution in [3.63, 3.8) is 0 Å². The fraction of sp³-hybridized carbons (Fsp3) is 0.488. The van der Waals surface area contributed by atoms with Gasteiger partial charge in [0, 0.05) is 25.2 Å². The molecule has 7 rings (SSSR count). The minimum absolute atomic E-state index is 0.0279. The maximum Gasteiger partial charge on any atom is 0.416 e. The average molecular weight is 817 g/mol. The number of aliphatic hydroxyl groups excluding tert-OH is 2. The number of rotatable bonds is 14. The zero-order valence-corrected chi connectivity index (χ0v) is 33.6. The van der Waals surface area contributed by atoms with Crippen molar-refractivity contribution < 1.29 is 57.8 Å². The van der Waals surface area contributed by atoms with E-state index in [0.717, 1.165) is 28.2 Å². The van der Waals surface area contributed by atoms with Crippen LogP contribution in [-0.4, -0.2) is 122 Å². The molecular formula is C43H52N4O12. The molecule has 4 aliphatic heterocycles. The average Bonchev–Trinajstić information content (AvgIpc) is 3.92. The zero-order valence-electron chi connectivity index (χ0n) is 33.6.